The van der Waals surface area contributed by atoms with E-state index in [2.05, 4.69) is 15.2 Å². The van der Waals surface area contributed by atoms with Gasteiger partial charge in [-0.3, -0.25) is 9.89 Å². The molecule has 0 atom stereocenters. The number of benzene rings is 1. The number of carbonyl (C=O) groups excluding carboxylic acids is 1. The Hall–Kier alpha value is -2.57. The van der Waals surface area contributed by atoms with Crippen molar-refractivity contribution in [3.8, 4) is 5.75 Å². The van der Waals surface area contributed by atoms with Gasteiger partial charge in [-0.25, -0.2) is 4.98 Å². The molecule has 0 aliphatic rings. The number of nitrogens with zero attached hydrogens (tertiary/aromatic N) is 3. The fraction of sp³-hybridized carbons (Fsp3) is 0.250. The minimum atomic E-state index is -0.144. The Bertz CT molecular complexity index is 568. The van der Waals surface area contributed by atoms with Crippen molar-refractivity contribution in [1.29, 1.82) is 0 Å². The number of nitrogens with one attached hydrogen (secondary N) is 1. The Morgan fingerprint density at radius 3 is 2.95 bits per heavy atom. The summed E-state index contributed by atoms with van der Waals surface area (Å²) in [6, 6.07) is 4.93. The van der Waals surface area contributed by atoms with Gasteiger partial charge in [-0.15, -0.1) is 0 Å². The summed E-state index contributed by atoms with van der Waals surface area (Å²) in [4.78, 5) is 17.7. The Morgan fingerprint density at radius 1 is 1.53 bits per heavy atom. The molecule has 1 heterocycles. The molecule has 7 heteroatoms. The van der Waals surface area contributed by atoms with Crippen molar-refractivity contribution >= 4 is 11.6 Å². The number of amides is 1. The van der Waals surface area contributed by atoms with Gasteiger partial charge in [-0.2, -0.15) is 5.10 Å². The summed E-state index contributed by atoms with van der Waals surface area (Å²) in [5, 5.41) is 6.44. The fourth-order valence-electron chi connectivity index (χ4n) is 1.67. The van der Waals surface area contributed by atoms with Crippen LogP contribution in [-0.4, -0.2) is 40.1 Å². The van der Waals surface area contributed by atoms with Crippen molar-refractivity contribution < 1.29 is 9.53 Å². The summed E-state index contributed by atoms with van der Waals surface area (Å²) >= 11 is 0. The van der Waals surface area contributed by atoms with E-state index in [0.29, 0.717) is 29.4 Å². The van der Waals surface area contributed by atoms with Gasteiger partial charge in [0, 0.05) is 12.6 Å². The number of aromatic amines is 1. The van der Waals surface area contributed by atoms with Gasteiger partial charge in [0.1, 0.15) is 17.9 Å². The maximum Gasteiger partial charge on any atom is 0.254 e. The number of hydrogen-bond acceptors (Lipinski definition) is 5. The maximum absolute atomic E-state index is 12.2. The molecule has 0 saturated heterocycles. The van der Waals surface area contributed by atoms with Crippen molar-refractivity contribution in [1.82, 2.24) is 20.1 Å². The summed E-state index contributed by atoms with van der Waals surface area (Å²) < 4.78 is 5.10. The number of hydrogen-bond donors (Lipinski definition) is 2. The number of anilines is 1. The standard InChI is InChI=1S/C12H15N5O2/c1-17(6-11-14-7-15-16-11)12(18)8-3-4-9(13)10(5-8)19-2/h3-5,7H,6,13H2,1-2H3,(H,14,15,16). The van der Waals surface area contributed by atoms with E-state index in [0.717, 1.165) is 0 Å². The first kappa shape index (κ1) is 12.9. The zero-order valence-electron chi connectivity index (χ0n) is 10.8. The topological polar surface area (TPSA) is 97.1 Å². The Labute approximate surface area is 110 Å². The first-order chi connectivity index (χ1) is 9.11. The van der Waals surface area contributed by atoms with Crippen molar-refractivity contribution in [2.75, 3.05) is 19.9 Å². The predicted octanol–water partition coefficient (Wildman–Crippen LogP) is 0.668. The van der Waals surface area contributed by atoms with Gasteiger partial charge in [0.05, 0.1) is 19.3 Å². The third-order valence-electron chi connectivity index (χ3n) is 2.68. The second kappa shape index (κ2) is 5.38. The Morgan fingerprint density at radius 2 is 2.32 bits per heavy atom. The smallest absolute Gasteiger partial charge is 0.254 e. The highest BCUT2D eigenvalue weighted by molar-refractivity contribution is 5.95. The van der Waals surface area contributed by atoms with E-state index < -0.39 is 0 Å². The van der Waals surface area contributed by atoms with E-state index in [1.54, 1.807) is 25.2 Å². The van der Waals surface area contributed by atoms with E-state index in [-0.39, 0.29) is 5.91 Å². The number of rotatable bonds is 4. The van der Waals surface area contributed by atoms with Crippen LogP contribution >= 0.6 is 0 Å². The number of nitrogens with two attached hydrogens (primary N) is 1. The molecule has 0 bridgehead atoms. The molecule has 0 saturated carbocycles. The average Bonchev–Trinajstić information content (AvgIpc) is 2.91. The quantitative estimate of drug-likeness (QED) is 0.788. The monoisotopic (exact) mass is 261 g/mol. The van der Waals surface area contributed by atoms with Crippen LogP contribution in [0.5, 0.6) is 5.75 Å². The van der Waals surface area contributed by atoms with Gasteiger partial charge >= 0.3 is 0 Å². The van der Waals surface area contributed by atoms with Crippen LogP contribution in [0.25, 0.3) is 0 Å². The van der Waals surface area contributed by atoms with Gasteiger partial charge in [0.2, 0.25) is 0 Å². The van der Waals surface area contributed by atoms with Gasteiger partial charge in [-0.1, -0.05) is 0 Å². The van der Waals surface area contributed by atoms with Crippen LogP contribution in [0.2, 0.25) is 0 Å². The molecule has 100 valence electrons. The highest BCUT2D eigenvalue weighted by atomic mass is 16.5. The van der Waals surface area contributed by atoms with E-state index in [1.165, 1.54) is 18.3 Å². The summed E-state index contributed by atoms with van der Waals surface area (Å²) in [5.41, 5.74) is 6.72. The second-order valence-corrected chi connectivity index (χ2v) is 4.05. The molecule has 3 N–H and O–H groups in total. The van der Waals surface area contributed by atoms with Crippen molar-refractivity contribution in [2.24, 2.45) is 0 Å². The van der Waals surface area contributed by atoms with Crippen LogP contribution < -0.4 is 10.5 Å². The number of ether oxygens (including phenoxy) is 1. The molecule has 1 aromatic carbocycles. The lowest BCUT2D eigenvalue weighted by molar-refractivity contribution is 0.0781. The molecule has 0 unspecified atom stereocenters. The van der Waals surface area contributed by atoms with E-state index >= 15 is 0 Å². The molecule has 0 spiro atoms. The van der Waals surface area contributed by atoms with Gasteiger partial charge < -0.3 is 15.4 Å². The Kier molecular flexibility index (Phi) is 3.65. The number of methoxy groups -OCH3 is 1. The minimum Gasteiger partial charge on any atom is -0.495 e. The molecule has 1 amide bonds. The number of carbonyl (C=O) groups is 1. The molecule has 19 heavy (non-hydrogen) atoms. The summed E-state index contributed by atoms with van der Waals surface area (Å²) in [7, 11) is 3.20. The van der Waals surface area contributed by atoms with Gasteiger partial charge in [-0.05, 0) is 18.2 Å². The largest absolute Gasteiger partial charge is 0.495 e. The molecule has 2 aromatic rings. The minimum absolute atomic E-state index is 0.144. The lowest BCUT2D eigenvalue weighted by Crippen LogP contribution is -2.26. The third-order valence-corrected chi connectivity index (χ3v) is 2.68. The molecule has 0 aliphatic carbocycles. The van der Waals surface area contributed by atoms with Crippen LogP contribution in [0, 0.1) is 0 Å². The molecular weight excluding hydrogens is 246 g/mol. The van der Waals surface area contributed by atoms with E-state index in [4.69, 9.17) is 10.5 Å². The zero-order chi connectivity index (χ0) is 13.8. The summed E-state index contributed by atoms with van der Waals surface area (Å²) in [6.45, 7) is 0.353. The first-order valence-electron chi connectivity index (χ1n) is 5.65. The Balaban J connectivity index is 2.14. The predicted molar refractivity (Wildman–Crippen MR) is 69.6 cm³/mol. The lowest BCUT2D eigenvalue weighted by Gasteiger charge is -2.16. The summed E-state index contributed by atoms with van der Waals surface area (Å²) in [5.74, 6) is 0.965. The lowest BCUT2D eigenvalue weighted by atomic mass is 10.1. The molecule has 2 rings (SSSR count). The normalized spacial score (nSPS) is 10.2. The fourth-order valence-corrected chi connectivity index (χ4v) is 1.67. The van der Waals surface area contributed by atoms with Crippen LogP contribution in [0.1, 0.15) is 16.2 Å². The number of aromatic nitrogens is 3. The SMILES string of the molecule is COc1cc(C(=O)N(C)Cc2ncn[nH]2)ccc1N. The van der Waals surface area contributed by atoms with Crippen LogP contribution in [-0.2, 0) is 6.54 Å². The highest BCUT2D eigenvalue weighted by Crippen LogP contribution is 2.22. The second-order valence-electron chi connectivity index (χ2n) is 4.05. The maximum atomic E-state index is 12.2. The van der Waals surface area contributed by atoms with Gasteiger partial charge in [0.25, 0.3) is 5.91 Å². The highest BCUT2D eigenvalue weighted by Gasteiger charge is 2.14. The molecule has 7 nitrogen and oxygen atoms in total. The van der Waals surface area contributed by atoms with E-state index in [1.807, 2.05) is 0 Å². The van der Waals surface area contributed by atoms with Crippen LogP contribution in [0.3, 0.4) is 0 Å². The first-order valence-corrected chi connectivity index (χ1v) is 5.65. The molecule has 0 radical (unpaired) electrons. The number of nitrogen functional groups attached to an aromatic ring is 1. The third kappa shape index (κ3) is 2.82. The zero-order valence-corrected chi connectivity index (χ0v) is 10.8. The van der Waals surface area contributed by atoms with Crippen molar-refractivity contribution in [2.45, 2.75) is 6.54 Å². The molecular formula is C12H15N5O2. The molecule has 0 fully saturated rings. The summed E-state index contributed by atoms with van der Waals surface area (Å²) in [6.07, 6.45) is 1.40. The average molecular weight is 261 g/mol. The molecule has 1 aromatic heterocycles. The van der Waals surface area contributed by atoms with Crippen molar-refractivity contribution in [3.63, 3.8) is 0 Å². The van der Waals surface area contributed by atoms with Crippen LogP contribution in [0.15, 0.2) is 24.5 Å². The van der Waals surface area contributed by atoms with Gasteiger partial charge in [0.15, 0.2) is 0 Å². The van der Waals surface area contributed by atoms with E-state index in [9.17, 15) is 4.79 Å². The number of H-pyrrole nitrogens is 1. The molecule has 0 aliphatic heterocycles. The van der Waals surface area contributed by atoms with Crippen LogP contribution in [0.4, 0.5) is 5.69 Å². The van der Waals surface area contributed by atoms with Crippen molar-refractivity contribution in [3.05, 3.63) is 35.9 Å².